The highest BCUT2D eigenvalue weighted by molar-refractivity contribution is 5.90. The predicted molar refractivity (Wildman–Crippen MR) is 91.6 cm³/mol. The van der Waals surface area contributed by atoms with Gasteiger partial charge in [0.25, 0.3) is 0 Å². The quantitative estimate of drug-likeness (QED) is 0.811. The van der Waals surface area contributed by atoms with Crippen LogP contribution >= 0.6 is 0 Å². The second-order valence-electron chi connectivity index (χ2n) is 5.47. The lowest BCUT2D eigenvalue weighted by Gasteiger charge is -2.19. The van der Waals surface area contributed by atoms with Crippen molar-refractivity contribution in [2.75, 3.05) is 19.5 Å². The molecule has 140 valence electrons. The van der Waals surface area contributed by atoms with Crippen LogP contribution in [0.1, 0.15) is 24.1 Å². The number of carbonyl (C=O) groups is 1. The molecule has 0 aliphatic heterocycles. The molecular formula is C18H19F3N2O3. The Kier molecular flexibility index (Phi) is 5.97. The molecule has 0 saturated carbocycles. The molecular weight excluding hydrogens is 349 g/mol. The minimum atomic E-state index is -4.56. The first kappa shape index (κ1) is 19.4. The summed E-state index contributed by atoms with van der Waals surface area (Å²) in [6.07, 6.45) is -4.56. The minimum Gasteiger partial charge on any atom is -0.497 e. The third-order valence-corrected chi connectivity index (χ3v) is 3.73. The molecule has 2 amide bonds. The van der Waals surface area contributed by atoms with Crippen LogP contribution in [0.4, 0.5) is 23.7 Å². The van der Waals surface area contributed by atoms with Crippen molar-refractivity contribution in [1.82, 2.24) is 5.32 Å². The average Bonchev–Trinajstić information content (AvgIpc) is 2.60. The summed E-state index contributed by atoms with van der Waals surface area (Å²) in [6, 6.07) is 8.56. The highest BCUT2D eigenvalue weighted by Gasteiger charge is 2.33. The van der Waals surface area contributed by atoms with Gasteiger partial charge in [-0.15, -0.1) is 0 Å². The monoisotopic (exact) mass is 368 g/mol. The number of methoxy groups -OCH3 is 2. The van der Waals surface area contributed by atoms with E-state index >= 15 is 0 Å². The molecule has 0 spiro atoms. The molecule has 0 aliphatic carbocycles. The van der Waals surface area contributed by atoms with Crippen LogP contribution in [-0.2, 0) is 6.18 Å². The van der Waals surface area contributed by atoms with Gasteiger partial charge in [-0.3, -0.25) is 0 Å². The van der Waals surface area contributed by atoms with Crippen molar-refractivity contribution < 1.29 is 27.4 Å². The number of hydrogen-bond acceptors (Lipinski definition) is 3. The molecule has 1 unspecified atom stereocenters. The zero-order valence-corrected chi connectivity index (χ0v) is 14.5. The van der Waals surface area contributed by atoms with Gasteiger partial charge in [-0.1, -0.05) is 12.1 Å². The van der Waals surface area contributed by atoms with E-state index in [4.69, 9.17) is 9.47 Å². The van der Waals surface area contributed by atoms with Crippen molar-refractivity contribution >= 4 is 11.7 Å². The lowest BCUT2D eigenvalue weighted by molar-refractivity contribution is -0.136. The van der Waals surface area contributed by atoms with E-state index in [1.807, 2.05) is 0 Å². The van der Waals surface area contributed by atoms with E-state index in [1.54, 1.807) is 25.1 Å². The molecule has 26 heavy (non-hydrogen) atoms. The van der Waals surface area contributed by atoms with Crippen LogP contribution in [0, 0.1) is 0 Å². The number of halogens is 3. The molecule has 0 aliphatic rings. The van der Waals surface area contributed by atoms with E-state index in [9.17, 15) is 18.0 Å². The summed E-state index contributed by atoms with van der Waals surface area (Å²) in [5, 5.41) is 4.84. The fourth-order valence-electron chi connectivity index (χ4n) is 2.45. The van der Waals surface area contributed by atoms with E-state index in [-0.39, 0.29) is 5.69 Å². The van der Waals surface area contributed by atoms with Gasteiger partial charge in [-0.05, 0) is 37.3 Å². The molecule has 0 aromatic heterocycles. The largest absolute Gasteiger partial charge is 0.497 e. The van der Waals surface area contributed by atoms with Crippen molar-refractivity contribution in [3.05, 3.63) is 53.6 Å². The summed E-state index contributed by atoms with van der Waals surface area (Å²) >= 11 is 0. The van der Waals surface area contributed by atoms with Gasteiger partial charge in [0.05, 0.1) is 31.5 Å². The molecule has 0 saturated heterocycles. The summed E-state index contributed by atoms with van der Waals surface area (Å²) in [5.41, 5.74) is -0.602. The maximum Gasteiger partial charge on any atom is 0.418 e. The Balaban J connectivity index is 2.16. The first-order chi connectivity index (χ1) is 12.3. The zero-order valence-electron chi connectivity index (χ0n) is 14.5. The van der Waals surface area contributed by atoms with Gasteiger partial charge in [0.15, 0.2) is 0 Å². The molecule has 2 rings (SSSR count). The number of ether oxygens (including phenoxy) is 2. The van der Waals surface area contributed by atoms with Crippen molar-refractivity contribution in [3.63, 3.8) is 0 Å². The summed E-state index contributed by atoms with van der Waals surface area (Å²) in [7, 11) is 2.99. The SMILES string of the molecule is COc1ccc(OC)c(C(C)NC(=O)Nc2ccccc2C(F)(F)F)c1. The number of para-hydroxylation sites is 1. The van der Waals surface area contributed by atoms with Gasteiger partial charge < -0.3 is 20.1 Å². The number of carbonyl (C=O) groups excluding carboxylic acids is 1. The smallest absolute Gasteiger partial charge is 0.418 e. The number of urea groups is 1. The van der Waals surface area contributed by atoms with Crippen molar-refractivity contribution in [2.45, 2.75) is 19.1 Å². The highest BCUT2D eigenvalue weighted by Crippen LogP contribution is 2.34. The summed E-state index contributed by atoms with van der Waals surface area (Å²) in [6.45, 7) is 1.69. The number of benzene rings is 2. The lowest BCUT2D eigenvalue weighted by Crippen LogP contribution is -2.32. The Morgan fingerprint density at radius 2 is 1.77 bits per heavy atom. The van der Waals surface area contributed by atoms with Gasteiger partial charge >= 0.3 is 12.2 Å². The molecule has 8 heteroatoms. The Bertz CT molecular complexity index is 779. The normalized spacial score (nSPS) is 12.2. The predicted octanol–water partition coefficient (Wildman–Crippen LogP) is 4.61. The maximum absolute atomic E-state index is 13.0. The van der Waals surface area contributed by atoms with Crippen LogP contribution < -0.4 is 20.1 Å². The third-order valence-electron chi connectivity index (χ3n) is 3.73. The van der Waals surface area contributed by atoms with Crippen LogP contribution in [0.5, 0.6) is 11.5 Å². The fraction of sp³-hybridized carbons (Fsp3) is 0.278. The fourth-order valence-corrected chi connectivity index (χ4v) is 2.45. The number of nitrogens with one attached hydrogen (secondary N) is 2. The number of anilines is 1. The molecule has 0 heterocycles. The first-order valence-electron chi connectivity index (χ1n) is 7.72. The molecule has 2 aromatic carbocycles. The Labute approximate surface area is 149 Å². The summed E-state index contributed by atoms with van der Waals surface area (Å²) < 4.78 is 49.4. The zero-order chi connectivity index (χ0) is 19.3. The minimum absolute atomic E-state index is 0.317. The lowest BCUT2D eigenvalue weighted by atomic mass is 10.1. The number of alkyl halides is 3. The number of hydrogen-bond donors (Lipinski definition) is 2. The Morgan fingerprint density at radius 1 is 1.08 bits per heavy atom. The van der Waals surface area contributed by atoms with E-state index in [0.717, 1.165) is 6.07 Å². The molecule has 0 bridgehead atoms. The van der Waals surface area contributed by atoms with Crippen LogP contribution in [0.15, 0.2) is 42.5 Å². The molecule has 2 N–H and O–H groups in total. The molecule has 5 nitrogen and oxygen atoms in total. The molecule has 0 radical (unpaired) electrons. The number of amides is 2. The Hall–Kier alpha value is -2.90. The number of rotatable bonds is 5. The van der Waals surface area contributed by atoms with Crippen LogP contribution in [0.2, 0.25) is 0 Å². The van der Waals surface area contributed by atoms with E-state index in [0.29, 0.717) is 17.1 Å². The molecule has 0 fully saturated rings. The van der Waals surface area contributed by atoms with Gasteiger partial charge in [0.1, 0.15) is 11.5 Å². The van der Waals surface area contributed by atoms with Gasteiger partial charge in [-0.25, -0.2) is 4.79 Å². The second kappa shape index (κ2) is 7.99. The third kappa shape index (κ3) is 4.59. The molecule has 1 atom stereocenters. The van der Waals surface area contributed by atoms with Crippen molar-refractivity contribution in [2.24, 2.45) is 0 Å². The van der Waals surface area contributed by atoms with Gasteiger partial charge in [-0.2, -0.15) is 13.2 Å². The molecule has 2 aromatic rings. The second-order valence-corrected chi connectivity index (χ2v) is 5.47. The van der Waals surface area contributed by atoms with Crippen molar-refractivity contribution in [1.29, 1.82) is 0 Å². The van der Waals surface area contributed by atoms with Crippen LogP contribution in [-0.4, -0.2) is 20.3 Å². The summed E-state index contributed by atoms with van der Waals surface area (Å²) in [5.74, 6) is 1.09. The van der Waals surface area contributed by atoms with E-state index < -0.39 is 23.8 Å². The van der Waals surface area contributed by atoms with Crippen LogP contribution in [0.25, 0.3) is 0 Å². The van der Waals surface area contributed by atoms with E-state index in [2.05, 4.69) is 10.6 Å². The average molecular weight is 368 g/mol. The maximum atomic E-state index is 13.0. The first-order valence-corrected chi connectivity index (χ1v) is 7.72. The van der Waals surface area contributed by atoms with Gasteiger partial charge in [0.2, 0.25) is 0 Å². The standard InChI is InChI=1S/C18H19F3N2O3/c1-11(13-10-12(25-2)8-9-16(13)26-3)22-17(24)23-15-7-5-4-6-14(15)18(19,20)21/h4-11H,1-3H3,(H2,22,23,24). The van der Waals surface area contributed by atoms with Gasteiger partial charge in [0, 0.05) is 5.56 Å². The summed E-state index contributed by atoms with van der Waals surface area (Å²) in [4.78, 5) is 12.2. The van der Waals surface area contributed by atoms with Crippen LogP contribution in [0.3, 0.4) is 0 Å². The topological polar surface area (TPSA) is 59.6 Å². The van der Waals surface area contributed by atoms with Crippen molar-refractivity contribution in [3.8, 4) is 11.5 Å². The highest BCUT2D eigenvalue weighted by atomic mass is 19.4. The Morgan fingerprint density at radius 3 is 2.38 bits per heavy atom. The van der Waals surface area contributed by atoms with E-state index in [1.165, 1.54) is 32.4 Å².